The molecule has 0 aliphatic heterocycles. The molecule has 21 heavy (non-hydrogen) atoms. The van der Waals surface area contributed by atoms with E-state index in [0.29, 0.717) is 20.4 Å². The van der Waals surface area contributed by atoms with Crippen molar-refractivity contribution in [2.45, 2.75) is 78.0 Å². The van der Waals surface area contributed by atoms with E-state index in [1.54, 1.807) is 4.46 Å². The zero-order valence-corrected chi connectivity index (χ0v) is 16.2. The molecule has 1 unspecified atom stereocenters. The predicted molar refractivity (Wildman–Crippen MR) is 97.6 cm³/mol. The Hall–Kier alpha value is -0.261. The molecular weight excluding hydrogens is 319 g/mol. The molecule has 0 spiro atoms. The summed E-state index contributed by atoms with van der Waals surface area (Å²) in [7, 11) is 0. The normalized spacial score (nSPS) is 13.3. The minimum atomic E-state index is 0.458. The molecule has 1 rings (SSSR count). The van der Waals surface area contributed by atoms with Gasteiger partial charge in [0.15, 0.2) is 0 Å². The maximum absolute atomic E-state index is 2.43. The van der Waals surface area contributed by atoms with E-state index in [9.17, 15) is 0 Å². The molecule has 0 radical (unpaired) electrons. The van der Waals surface area contributed by atoms with Gasteiger partial charge in [-0.3, -0.25) is 0 Å². The molecule has 1 heteroatoms. The third-order valence-corrected chi connectivity index (χ3v) is 6.79. The van der Waals surface area contributed by atoms with Crippen molar-refractivity contribution < 1.29 is 0 Å². The Bertz CT molecular complexity index is 350. The van der Waals surface area contributed by atoms with E-state index in [-0.39, 0.29) is 0 Å². The molecule has 0 amide bonds. The molecule has 1 aromatic rings. The average Bonchev–Trinajstić information content (AvgIpc) is 2.45. The number of hydrogen-bond donors (Lipinski definition) is 0. The molecule has 0 nitrogen and oxygen atoms in total. The first-order chi connectivity index (χ1) is 10.0. The van der Waals surface area contributed by atoms with E-state index < -0.39 is 0 Å². The summed E-state index contributed by atoms with van der Waals surface area (Å²) in [5.74, 6) is 0.879. The van der Waals surface area contributed by atoms with Crippen LogP contribution in [-0.2, 0) is 0 Å². The molecule has 0 aliphatic carbocycles. The summed E-state index contributed by atoms with van der Waals surface area (Å²) >= 11 is 0.640. The van der Waals surface area contributed by atoms with Gasteiger partial charge in [0.2, 0.25) is 0 Å². The Kier molecular flexibility index (Phi) is 9.36. The summed E-state index contributed by atoms with van der Waals surface area (Å²) in [6.45, 7) is 9.57. The third kappa shape index (κ3) is 8.69. The quantitative estimate of drug-likeness (QED) is 0.366. The van der Waals surface area contributed by atoms with Gasteiger partial charge in [-0.1, -0.05) is 0 Å². The molecule has 0 bridgehead atoms. The van der Waals surface area contributed by atoms with E-state index in [1.807, 2.05) is 0 Å². The van der Waals surface area contributed by atoms with Gasteiger partial charge in [-0.05, 0) is 0 Å². The number of rotatable bonds is 10. The minimum absolute atomic E-state index is 0.458. The molecule has 1 aromatic carbocycles. The molecule has 0 saturated carbocycles. The molecule has 0 aromatic heterocycles. The fourth-order valence-electron chi connectivity index (χ4n) is 2.65. The predicted octanol–water partition coefficient (Wildman–Crippen LogP) is 5.85. The summed E-state index contributed by atoms with van der Waals surface area (Å²) in [6.07, 6.45) is 9.93. The van der Waals surface area contributed by atoms with Crippen molar-refractivity contribution in [3.8, 4) is 0 Å². The van der Waals surface area contributed by atoms with Gasteiger partial charge in [0, 0.05) is 0 Å². The summed E-state index contributed by atoms with van der Waals surface area (Å²) in [6, 6.07) is 11.1. The molecule has 0 fully saturated rings. The second kappa shape index (κ2) is 10.5. The molecule has 0 N–H and O–H groups in total. The van der Waals surface area contributed by atoms with Crippen LogP contribution in [0.1, 0.15) is 72.6 Å². The van der Waals surface area contributed by atoms with Crippen molar-refractivity contribution in [1.82, 2.24) is 0 Å². The van der Waals surface area contributed by atoms with Crippen molar-refractivity contribution in [2.75, 3.05) is 0 Å². The molecule has 0 heterocycles. The Morgan fingerprint density at radius 2 is 1.52 bits per heavy atom. The molecule has 1 atom stereocenters. The van der Waals surface area contributed by atoms with Crippen molar-refractivity contribution in [1.29, 1.82) is 0 Å². The van der Waals surface area contributed by atoms with Crippen LogP contribution in [0.4, 0.5) is 0 Å². The standard InChI is InChI=1S/C20H34Se/c1-5-6-7-8-9-11-14-18(20(2,3)4)17-21-19-15-12-10-13-16-19/h10,12-13,15-16,18H,5-9,11,14,17H2,1-4H3. The topological polar surface area (TPSA) is 0 Å². The fraction of sp³-hybridized carbons (Fsp3) is 0.700. The summed E-state index contributed by atoms with van der Waals surface area (Å²) < 4.78 is 1.56. The van der Waals surface area contributed by atoms with Crippen LogP contribution >= 0.6 is 0 Å². The summed E-state index contributed by atoms with van der Waals surface area (Å²) in [5, 5.41) is 1.40. The van der Waals surface area contributed by atoms with Gasteiger partial charge in [0.1, 0.15) is 0 Å². The van der Waals surface area contributed by atoms with Gasteiger partial charge in [0.05, 0.1) is 0 Å². The van der Waals surface area contributed by atoms with Crippen LogP contribution < -0.4 is 4.46 Å². The Balaban J connectivity index is 2.31. The first-order valence-corrected chi connectivity index (χ1v) is 10.8. The molecular formula is C20H34Se. The van der Waals surface area contributed by atoms with Gasteiger partial charge in [-0.25, -0.2) is 0 Å². The first kappa shape index (κ1) is 18.8. The van der Waals surface area contributed by atoms with Gasteiger partial charge in [-0.2, -0.15) is 0 Å². The Labute approximate surface area is 139 Å². The van der Waals surface area contributed by atoms with Gasteiger partial charge < -0.3 is 0 Å². The van der Waals surface area contributed by atoms with Gasteiger partial charge in [0.25, 0.3) is 0 Å². The molecule has 0 saturated heterocycles. The second-order valence-corrected chi connectivity index (χ2v) is 9.54. The maximum atomic E-state index is 2.43. The zero-order valence-electron chi connectivity index (χ0n) is 14.5. The van der Waals surface area contributed by atoms with Crippen LogP contribution in [0.3, 0.4) is 0 Å². The molecule has 0 aliphatic rings. The first-order valence-electron chi connectivity index (χ1n) is 8.72. The van der Waals surface area contributed by atoms with Crippen LogP contribution in [0.2, 0.25) is 5.32 Å². The Morgan fingerprint density at radius 1 is 0.905 bits per heavy atom. The average molecular weight is 353 g/mol. The van der Waals surface area contributed by atoms with Crippen molar-refractivity contribution in [3.63, 3.8) is 0 Å². The van der Waals surface area contributed by atoms with Gasteiger partial charge in [-0.15, -0.1) is 0 Å². The zero-order chi connectivity index (χ0) is 15.6. The number of benzene rings is 1. The van der Waals surface area contributed by atoms with Crippen LogP contribution in [0, 0.1) is 11.3 Å². The van der Waals surface area contributed by atoms with E-state index in [1.165, 1.54) is 50.3 Å². The fourth-order valence-corrected chi connectivity index (χ4v) is 5.61. The van der Waals surface area contributed by atoms with E-state index in [2.05, 4.69) is 58.0 Å². The van der Waals surface area contributed by atoms with E-state index in [4.69, 9.17) is 0 Å². The van der Waals surface area contributed by atoms with Crippen molar-refractivity contribution >= 4 is 19.4 Å². The van der Waals surface area contributed by atoms with Crippen LogP contribution in [-0.4, -0.2) is 15.0 Å². The van der Waals surface area contributed by atoms with Crippen LogP contribution in [0.5, 0.6) is 0 Å². The van der Waals surface area contributed by atoms with E-state index in [0.717, 1.165) is 5.92 Å². The molecule has 120 valence electrons. The summed E-state index contributed by atoms with van der Waals surface area (Å²) in [4.78, 5) is 0. The SMILES string of the molecule is CCCCCCCCC(C[Se]c1ccccc1)C(C)(C)C. The monoisotopic (exact) mass is 354 g/mol. The number of unbranched alkanes of at least 4 members (excludes halogenated alkanes) is 5. The Morgan fingerprint density at radius 3 is 2.14 bits per heavy atom. The third-order valence-electron chi connectivity index (χ3n) is 4.33. The number of hydrogen-bond acceptors (Lipinski definition) is 0. The van der Waals surface area contributed by atoms with Crippen LogP contribution in [0.15, 0.2) is 30.3 Å². The van der Waals surface area contributed by atoms with Gasteiger partial charge >= 0.3 is 139 Å². The van der Waals surface area contributed by atoms with Crippen molar-refractivity contribution in [2.24, 2.45) is 11.3 Å². The van der Waals surface area contributed by atoms with E-state index >= 15 is 0 Å². The van der Waals surface area contributed by atoms with Crippen molar-refractivity contribution in [3.05, 3.63) is 30.3 Å². The second-order valence-electron chi connectivity index (χ2n) is 7.24. The summed E-state index contributed by atoms with van der Waals surface area (Å²) in [5.41, 5.74) is 0.458. The van der Waals surface area contributed by atoms with Crippen LogP contribution in [0.25, 0.3) is 0 Å².